The molecule has 0 saturated heterocycles. The van der Waals surface area contributed by atoms with Crippen molar-refractivity contribution in [3.8, 4) is 0 Å². The third kappa shape index (κ3) is 5.52. The average Bonchev–Trinajstić information content (AvgIpc) is 3.48. The molecule has 0 saturated carbocycles. The highest BCUT2D eigenvalue weighted by atomic mass is 32.2. The van der Waals surface area contributed by atoms with Gasteiger partial charge in [0.25, 0.3) is 0 Å². The fourth-order valence-corrected chi connectivity index (χ4v) is 5.51. The number of amides is 2. The minimum atomic E-state index is -0.472. The van der Waals surface area contributed by atoms with E-state index in [9.17, 15) is 9.59 Å². The molecule has 0 aliphatic carbocycles. The van der Waals surface area contributed by atoms with E-state index in [0.29, 0.717) is 12.4 Å². The first kappa shape index (κ1) is 23.9. The van der Waals surface area contributed by atoms with E-state index in [1.54, 1.807) is 16.4 Å². The normalized spacial score (nSPS) is 12.4. The highest BCUT2D eigenvalue weighted by molar-refractivity contribution is 7.98. The molecule has 36 heavy (non-hydrogen) atoms. The lowest BCUT2D eigenvalue weighted by atomic mass is 9.90. The molecule has 182 valence electrons. The zero-order valence-electron chi connectivity index (χ0n) is 19.9. The molecule has 1 aliphatic heterocycles. The lowest BCUT2D eigenvalue weighted by molar-refractivity contribution is -0.122. The topological polar surface area (TPSA) is 76.0 Å². The average molecular weight is 497 g/mol. The fraction of sp³-hybridized carbons (Fsp3) is 0.207. The standard InChI is InChI=1S/C29H28N4O2S/c34-26(30-17-16-21-10-4-1-5-11-21)18-33-28(24-19-36-20-25(24)32-33)31-29(35)27(22-12-6-2-7-13-22)23-14-8-3-9-15-23/h1-15,27H,16-20H2,(H,30,34)(H,31,35). The van der Waals surface area contributed by atoms with Gasteiger partial charge >= 0.3 is 0 Å². The Kier molecular flexibility index (Phi) is 7.47. The Morgan fingerprint density at radius 1 is 0.861 bits per heavy atom. The fourth-order valence-electron chi connectivity index (χ4n) is 4.48. The molecule has 0 spiro atoms. The molecule has 0 atom stereocenters. The third-order valence-electron chi connectivity index (χ3n) is 6.26. The molecule has 0 unspecified atom stereocenters. The first-order valence-corrected chi connectivity index (χ1v) is 13.2. The number of thioether (sulfide) groups is 1. The monoisotopic (exact) mass is 496 g/mol. The van der Waals surface area contributed by atoms with Crippen molar-refractivity contribution in [1.82, 2.24) is 15.1 Å². The number of aromatic nitrogens is 2. The first-order valence-electron chi connectivity index (χ1n) is 12.1. The number of anilines is 1. The Balaban J connectivity index is 1.33. The molecular weight excluding hydrogens is 468 g/mol. The van der Waals surface area contributed by atoms with Crippen molar-refractivity contribution >= 4 is 29.4 Å². The summed E-state index contributed by atoms with van der Waals surface area (Å²) in [5.41, 5.74) is 4.94. The molecule has 2 amide bonds. The number of hydrogen-bond donors (Lipinski definition) is 2. The molecule has 0 bridgehead atoms. The van der Waals surface area contributed by atoms with Crippen molar-refractivity contribution in [2.75, 3.05) is 11.9 Å². The number of fused-ring (bicyclic) bond motifs is 1. The van der Waals surface area contributed by atoms with Crippen LogP contribution in [0.2, 0.25) is 0 Å². The summed E-state index contributed by atoms with van der Waals surface area (Å²) in [4.78, 5) is 26.5. The van der Waals surface area contributed by atoms with Gasteiger partial charge in [-0.05, 0) is 23.1 Å². The van der Waals surface area contributed by atoms with Gasteiger partial charge in [0.1, 0.15) is 12.4 Å². The molecule has 6 nitrogen and oxygen atoms in total. The number of hydrogen-bond acceptors (Lipinski definition) is 4. The smallest absolute Gasteiger partial charge is 0.241 e. The van der Waals surface area contributed by atoms with Crippen LogP contribution in [0, 0.1) is 0 Å². The van der Waals surface area contributed by atoms with Gasteiger partial charge in [0.15, 0.2) is 0 Å². The van der Waals surface area contributed by atoms with E-state index in [2.05, 4.69) is 15.7 Å². The number of rotatable bonds is 9. The van der Waals surface area contributed by atoms with Crippen LogP contribution in [-0.2, 0) is 34.1 Å². The molecule has 5 rings (SSSR count). The summed E-state index contributed by atoms with van der Waals surface area (Å²) < 4.78 is 1.65. The van der Waals surface area contributed by atoms with Crippen LogP contribution in [0.15, 0.2) is 91.0 Å². The summed E-state index contributed by atoms with van der Waals surface area (Å²) in [6, 6.07) is 29.6. The Bertz CT molecular complexity index is 1280. The summed E-state index contributed by atoms with van der Waals surface area (Å²) in [5.74, 6) is 1.43. The van der Waals surface area contributed by atoms with Crippen molar-refractivity contribution in [1.29, 1.82) is 0 Å². The van der Waals surface area contributed by atoms with Crippen LogP contribution in [-0.4, -0.2) is 28.1 Å². The Morgan fingerprint density at radius 3 is 2.11 bits per heavy atom. The zero-order valence-corrected chi connectivity index (χ0v) is 20.7. The van der Waals surface area contributed by atoms with E-state index in [0.717, 1.165) is 40.3 Å². The summed E-state index contributed by atoms with van der Waals surface area (Å²) in [5, 5.41) is 10.8. The summed E-state index contributed by atoms with van der Waals surface area (Å²) in [6.45, 7) is 0.606. The molecule has 0 radical (unpaired) electrons. The number of carbonyl (C=O) groups excluding carboxylic acids is 2. The molecule has 1 aromatic heterocycles. The predicted octanol–water partition coefficient (Wildman–Crippen LogP) is 4.76. The Labute approximate surface area is 215 Å². The van der Waals surface area contributed by atoms with Crippen LogP contribution in [0.5, 0.6) is 0 Å². The third-order valence-corrected chi connectivity index (χ3v) is 7.23. The maximum Gasteiger partial charge on any atom is 0.241 e. The van der Waals surface area contributed by atoms with Crippen LogP contribution < -0.4 is 10.6 Å². The van der Waals surface area contributed by atoms with Gasteiger partial charge in [-0.2, -0.15) is 16.9 Å². The van der Waals surface area contributed by atoms with Crippen LogP contribution in [0.1, 0.15) is 33.9 Å². The Hall–Kier alpha value is -3.84. The number of benzene rings is 3. The second-order valence-electron chi connectivity index (χ2n) is 8.75. The van der Waals surface area contributed by atoms with Crippen LogP contribution in [0.3, 0.4) is 0 Å². The van der Waals surface area contributed by atoms with Gasteiger partial charge in [0.2, 0.25) is 11.8 Å². The highest BCUT2D eigenvalue weighted by Gasteiger charge is 2.28. The van der Waals surface area contributed by atoms with Gasteiger partial charge in [-0.3, -0.25) is 9.59 Å². The van der Waals surface area contributed by atoms with E-state index in [1.165, 1.54) is 5.56 Å². The lowest BCUT2D eigenvalue weighted by Crippen LogP contribution is -2.31. The predicted molar refractivity (Wildman–Crippen MR) is 144 cm³/mol. The van der Waals surface area contributed by atoms with Crippen LogP contribution >= 0.6 is 11.8 Å². The van der Waals surface area contributed by atoms with E-state index < -0.39 is 5.92 Å². The van der Waals surface area contributed by atoms with Crippen molar-refractivity contribution in [3.63, 3.8) is 0 Å². The number of nitrogens with zero attached hydrogens (tertiary/aromatic N) is 2. The molecule has 0 fully saturated rings. The van der Waals surface area contributed by atoms with Crippen molar-refractivity contribution in [3.05, 3.63) is 119 Å². The molecule has 2 N–H and O–H groups in total. The molecule has 1 aliphatic rings. The van der Waals surface area contributed by atoms with E-state index in [-0.39, 0.29) is 18.4 Å². The first-order chi connectivity index (χ1) is 17.7. The maximum absolute atomic E-state index is 13.7. The molecule has 2 heterocycles. The molecule has 4 aromatic rings. The second kappa shape index (κ2) is 11.3. The maximum atomic E-state index is 13.7. The van der Waals surface area contributed by atoms with Crippen molar-refractivity contribution < 1.29 is 9.59 Å². The number of nitrogens with one attached hydrogen (secondary N) is 2. The second-order valence-corrected chi connectivity index (χ2v) is 9.74. The minimum absolute atomic E-state index is 0.0589. The molecular formula is C29H28N4O2S. The highest BCUT2D eigenvalue weighted by Crippen LogP contribution is 2.36. The van der Waals surface area contributed by atoms with Gasteiger partial charge in [0.05, 0.1) is 11.6 Å². The van der Waals surface area contributed by atoms with Crippen molar-refractivity contribution in [2.24, 2.45) is 0 Å². The van der Waals surface area contributed by atoms with Gasteiger partial charge in [-0.1, -0.05) is 91.0 Å². The molecule has 7 heteroatoms. The van der Waals surface area contributed by atoms with Gasteiger partial charge in [-0.15, -0.1) is 0 Å². The van der Waals surface area contributed by atoms with Gasteiger partial charge < -0.3 is 10.6 Å². The Morgan fingerprint density at radius 2 is 1.47 bits per heavy atom. The minimum Gasteiger partial charge on any atom is -0.354 e. The summed E-state index contributed by atoms with van der Waals surface area (Å²) in [7, 11) is 0. The van der Waals surface area contributed by atoms with E-state index in [1.807, 2.05) is 91.0 Å². The van der Waals surface area contributed by atoms with E-state index in [4.69, 9.17) is 0 Å². The van der Waals surface area contributed by atoms with Gasteiger partial charge in [0, 0.05) is 23.6 Å². The van der Waals surface area contributed by atoms with Gasteiger partial charge in [-0.25, -0.2) is 4.68 Å². The van der Waals surface area contributed by atoms with Crippen LogP contribution in [0.4, 0.5) is 5.82 Å². The molecule has 3 aromatic carbocycles. The largest absolute Gasteiger partial charge is 0.354 e. The van der Waals surface area contributed by atoms with E-state index >= 15 is 0 Å². The number of carbonyl (C=O) groups is 2. The summed E-state index contributed by atoms with van der Waals surface area (Å²) in [6.07, 6.45) is 0.762. The van der Waals surface area contributed by atoms with Crippen LogP contribution in [0.25, 0.3) is 0 Å². The zero-order chi connectivity index (χ0) is 24.7. The van der Waals surface area contributed by atoms with Crippen molar-refractivity contribution in [2.45, 2.75) is 30.4 Å². The summed E-state index contributed by atoms with van der Waals surface area (Å²) >= 11 is 1.76. The quantitative estimate of drug-likeness (QED) is 0.350. The SMILES string of the molecule is O=C(Cn1nc2c(c1NC(=O)C(c1ccccc1)c1ccccc1)CSC2)NCCc1ccccc1. The lowest BCUT2D eigenvalue weighted by Gasteiger charge is -2.19.